The van der Waals surface area contributed by atoms with Gasteiger partial charge in [-0.3, -0.25) is 0 Å². The zero-order valence-electron chi connectivity index (χ0n) is 12.0. The van der Waals surface area contributed by atoms with Gasteiger partial charge >= 0.3 is 0 Å². The van der Waals surface area contributed by atoms with Gasteiger partial charge in [-0.15, -0.1) is 11.3 Å². The molecule has 3 rings (SSSR count). The van der Waals surface area contributed by atoms with E-state index < -0.39 is 0 Å². The normalized spacial score (nSPS) is 10.9. The lowest BCUT2D eigenvalue weighted by molar-refractivity contribution is 0.587. The summed E-state index contributed by atoms with van der Waals surface area (Å²) in [6.45, 7) is 1.01. The van der Waals surface area contributed by atoms with Crippen LogP contribution in [0.2, 0.25) is 10.0 Å². The fraction of sp³-hybridized carbons (Fsp3) is 0.118. The first kappa shape index (κ1) is 16.4. The summed E-state index contributed by atoms with van der Waals surface area (Å²) in [5.74, 6) is -0.206. The number of nitrogens with zero attached hydrogens (tertiary/aromatic N) is 1. The molecule has 0 spiro atoms. The van der Waals surface area contributed by atoms with Crippen LogP contribution in [0.3, 0.4) is 0 Å². The fourth-order valence-corrected chi connectivity index (χ4v) is 3.86. The Kier molecular flexibility index (Phi) is 5.28. The lowest BCUT2D eigenvalue weighted by Gasteiger charge is -2.04. The van der Waals surface area contributed by atoms with E-state index in [9.17, 15) is 4.39 Å². The summed E-state index contributed by atoms with van der Waals surface area (Å²) < 4.78 is 13.5. The first-order chi connectivity index (χ1) is 11.1. The van der Waals surface area contributed by atoms with Gasteiger partial charge < -0.3 is 5.32 Å². The first-order valence-electron chi connectivity index (χ1n) is 6.98. The van der Waals surface area contributed by atoms with E-state index in [0.29, 0.717) is 28.7 Å². The third-order valence-electron chi connectivity index (χ3n) is 3.31. The summed E-state index contributed by atoms with van der Waals surface area (Å²) in [5, 5.41) is 5.30. The minimum atomic E-state index is -0.206. The number of thiazole rings is 1. The molecule has 118 valence electrons. The second-order valence-electron chi connectivity index (χ2n) is 4.91. The van der Waals surface area contributed by atoms with E-state index in [0.717, 1.165) is 15.4 Å². The lowest BCUT2D eigenvalue weighted by Crippen LogP contribution is -2.13. The van der Waals surface area contributed by atoms with Crippen LogP contribution in [0.25, 0.3) is 10.4 Å². The zero-order chi connectivity index (χ0) is 16.2. The molecule has 0 saturated carbocycles. The minimum Gasteiger partial charge on any atom is -0.306 e. The Morgan fingerprint density at radius 2 is 1.74 bits per heavy atom. The number of hydrogen-bond acceptors (Lipinski definition) is 3. The van der Waals surface area contributed by atoms with Gasteiger partial charge in [0.1, 0.15) is 10.8 Å². The van der Waals surface area contributed by atoms with E-state index in [-0.39, 0.29) is 5.82 Å². The van der Waals surface area contributed by atoms with Crippen LogP contribution in [-0.2, 0) is 13.1 Å². The van der Waals surface area contributed by atoms with E-state index in [1.807, 2.05) is 12.1 Å². The van der Waals surface area contributed by atoms with Crippen LogP contribution >= 0.6 is 34.5 Å². The smallest absolute Gasteiger partial charge is 0.127 e. The van der Waals surface area contributed by atoms with Gasteiger partial charge in [-0.2, -0.15) is 0 Å². The van der Waals surface area contributed by atoms with Gasteiger partial charge in [0.2, 0.25) is 0 Å². The third kappa shape index (κ3) is 3.90. The molecule has 2 aromatic carbocycles. The predicted molar refractivity (Wildman–Crippen MR) is 94.5 cm³/mol. The Hall–Kier alpha value is -1.46. The number of hydrogen-bond donors (Lipinski definition) is 1. The molecule has 23 heavy (non-hydrogen) atoms. The summed E-state index contributed by atoms with van der Waals surface area (Å²) in [5.41, 5.74) is 1.44. The Morgan fingerprint density at radius 1 is 1.00 bits per heavy atom. The topological polar surface area (TPSA) is 24.9 Å². The Labute approximate surface area is 147 Å². The van der Waals surface area contributed by atoms with E-state index in [1.54, 1.807) is 30.5 Å². The van der Waals surface area contributed by atoms with Gasteiger partial charge in [-0.25, -0.2) is 9.37 Å². The highest BCUT2D eigenvalue weighted by Gasteiger charge is 2.11. The molecule has 0 aliphatic heterocycles. The van der Waals surface area contributed by atoms with Crippen molar-refractivity contribution in [2.24, 2.45) is 0 Å². The third-order valence-corrected chi connectivity index (χ3v) is 4.96. The number of benzene rings is 2. The second-order valence-corrected chi connectivity index (χ2v) is 6.84. The molecular weight excluding hydrogens is 354 g/mol. The molecule has 0 aliphatic carbocycles. The molecule has 0 radical (unpaired) electrons. The molecule has 3 aromatic rings. The van der Waals surface area contributed by atoms with Gasteiger partial charge in [0, 0.05) is 30.4 Å². The van der Waals surface area contributed by atoms with E-state index in [4.69, 9.17) is 23.2 Å². The largest absolute Gasteiger partial charge is 0.306 e. The van der Waals surface area contributed by atoms with Crippen molar-refractivity contribution < 1.29 is 4.39 Å². The van der Waals surface area contributed by atoms with Crippen molar-refractivity contribution in [2.75, 3.05) is 0 Å². The zero-order valence-corrected chi connectivity index (χ0v) is 14.4. The van der Waals surface area contributed by atoms with Crippen molar-refractivity contribution in [1.29, 1.82) is 0 Å². The van der Waals surface area contributed by atoms with Crippen molar-refractivity contribution in [3.63, 3.8) is 0 Å². The highest BCUT2D eigenvalue weighted by Crippen LogP contribution is 2.37. The van der Waals surface area contributed by atoms with Crippen LogP contribution in [0.15, 0.2) is 48.7 Å². The number of rotatable bonds is 5. The molecule has 0 atom stereocenters. The molecule has 0 bridgehead atoms. The maximum absolute atomic E-state index is 13.5. The van der Waals surface area contributed by atoms with Gasteiger partial charge in [-0.1, -0.05) is 47.5 Å². The standard InChI is InChI=1S/C17H13Cl2FN2S/c18-12-5-3-6-13(19)17(12)15-9-22-16(23-15)10-21-8-11-4-1-2-7-14(11)20/h1-7,9,21H,8,10H2. The quantitative estimate of drug-likeness (QED) is 0.640. The molecule has 1 aromatic heterocycles. The van der Waals surface area contributed by atoms with E-state index >= 15 is 0 Å². The Balaban J connectivity index is 1.67. The van der Waals surface area contributed by atoms with Crippen molar-refractivity contribution in [3.05, 3.63) is 75.1 Å². The molecule has 0 unspecified atom stereocenters. The average Bonchev–Trinajstić information content (AvgIpc) is 2.97. The Bertz CT molecular complexity index is 800. The highest BCUT2D eigenvalue weighted by molar-refractivity contribution is 7.15. The van der Waals surface area contributed by atoms with Crippen LogP contribution in [0.4, 0.5) is 4.39 Å². The van der Waals surface area contributed by atoms with Gasteiger partial charge in [0.15, 0.2) is 0 Å². The molecule has 0 fully saturated rings. The van der Waals surface area contributed by atoms with Gasteiger partial charge in [-0.05, 0) is 18.2 Å². The van der Waals surface area contributed by atoms with Gasteiger partial charge in [0.25, 0.3) is 0 Å². The molecule has 6 heteroatoms. The summed E-state index contributed by atoms with van der Waals surface area (Å²) >= 11 is 13.9. The number of halogens is 3. The predicted octanol–water partition coefficient (Wildman–Crippen LogP) is 5.55. The summed E-state index contributed by atoms with van der Waals surface area (Å²) in [6.07, 6.45) is 1.76. The maximum atomic E-state index is 13.5. The van der Waals surface area contributed by atoms with Crippen molar-refractivity contribution >= 4 is 34.5 Å². The summed E-state index contributed by atoms with van der Waals surface area (Å²) in [4.78, 5) is 5.29. The SMILES string of the molecule is Fc1ccccc1CNCc1ncc(-c2c(Cl)cccc2Cl)s1. The van der Waals surface area contributed by atoms with E-state index in [2.05, 4.69) is 10.3 Å². The molecule has 1 N–H and O–H groups in total. The lowest BCUT2D eigenvalue weighted by atomic mass is 10.2. The number of aromatic nitrogens is 1. The fourth-order valence-electron chi connectivity index (χ4n) is 2.19. The number of nitrogens with one attached hydrogen (secondary N) is 1. The van der Waals surface area contributed by atoms with Crippen molar-refractivity contribution in [3.8, 4) is 10.4 Å². The molecule has 0 amide bonds. The molecular formula is C17H13Cl2FN2S. The van der Waals surface area contributed by atoms with Crippen LogP contribution in [0.1, 0.15) is 10.6 Å². The maximum Gasteiger partial charge on any atom is 0.127 e. The van der Waals surface area contributed by atoms with E-state index in [1.165, 1.54) is 17.4 Å². The summed E-state index contributed by atoms with van der Waals surface area (Å²) in [7, 11) is 0. The van der Waals surface area contributed by atoms with Gasteiger partial charge in [0.05, 0.1) is 14.9 Å². The van der Waals surface area contributed by atoms with Crippen LogP contribution in [0.5, 0.6) is 0 Å². The highest BCUT2D eigenvalue weighted by atomic mass is 35.5. The molecule has 0 aliphatic rings. The summed E-state index contributed by atoms with van der Waals surface area (Å²) in [6, 6.07) is 12.1. The molecule has 2 nitrogen and oxygen atoms in total. The molecule has 0 saturated heterocycles. The van der Waals surface area contributed by atoms with Crippen LogP contribution in [0, 0.1) is 5.82 Å². The van der Waals surface area contributed by atoms with Crippen LogP contribution in [-0.4, -0.2) is 4.98 Å². The van der Waals surface area contributed by atoms with Crippen molar-refractivity contribution in [2.45, 2.75) is 13.1 Å². The Morgan fingerprint density at radius 3 is 2.48 bits per heavy atom. The first-order valence-corrected chi connectivity index (χ1v) is 8.55. The van der Waals surface area contributed by atoms with Crippen LogP contribution < -0.4 is 5.32 Å². The van der Waals surface area contributed by atoms with Crippen molar-refractivity contribution in [1.82, 2.24) is 10.3 Å². The second kappa shape index (κ2) is 7.41. The monoisotopic (exact) mass is 366 g/mol. The average molecular weight is 367 g/mol. The molecule has 1 heterocycles. The minimum absolute atomic E-state index is 0.206.